The fourth-order valence-corrected chi connectivity index (χ4v) is 2.80. The molecule has 1 aliphatic rings. The number of allylic oxidation sites excluding steroid dienone is 1. The van der Waals surface area contributed by atoms with Gasteiger partial charge < -0.3 is 4.90 Å². The number of rotatable bonds is 4. The largest absolute Gasteiger partial charge is 0.303 e. The van der Waals surface area contributed by atoms with Crippen LogP contribution in [0, 0.1) is 0 Å². The minimum atomic E-state index is 0.633. The van der Waals surface area contributed by atoms with Gasteiger partial charge >= 0.3 is 0 Å². The van der Waals surface area contributed by atoms with Gasteiger partial charge in [0.1, 0.15) is 0 Å². The van der Waals surface area contributed by atoms with Crippen LogP contribution in [0.1, 0.15) is 50.2 Å². The molecule has 0 amide bonds. The number of hydrogen-bond acceptors (Lipinski definition) is 1. The first-order chi connectivity index (χ1) is 8.79. The van der Waals surface area contributed by atoms with E-state index >= 15 is 0 Å². The molecule has 1 unspecified atom stereocenters. The highest BCUT2D eigenvalue weighted by Gasteiger charge is 2.14. The van der Waals surface area contributed by atoms with Crippen molar-refractivity contribution in [3.63, 3.8) is 0 Å². The lowest BCUT2D eigenvalue weighted by Gasteiger charge is -2.29. The summed E-state index contributed by atoms with van der Waals surface area (Å²) in [4.78, 5) is 2.62. The molecule has 1 aromatic rings. The first-order valence-electron chi connectivity index (χ1n) is 7.24. The van der Waals surface area contributed by atoms with Gasteiger partial charge in [0.05, 0.1) is 0 Å². The second kappa shape index (κ2) is 6.75. The first kappa shape index (κ1) is 13.4. The topological polar surface area (TPSA) is 3.24 Å². The highest BCUT2D eigenvalue weighted by atomic mass is 15.1. The molecule has 1 aromatic carbocycles. The molecular formula is C17H25N. The Hall–Kier alpha value is -1.08. The molecule has 1 atom stereocenters. The van der Waals surface area contributed by atoms with Crippen LogP contribution in [-0.4, -0.2) is 24.5 Å². The van der Waals surface area contributed by atoms with Crippen LogP contribution in [0.2, 0.25) is 0 Å². The summed E-state index contributed by atoms with van der Waals surface area (Å²) in [7, 11) is 0. The van der Waals surface area contributed by atoms with Gasteiger partial charge in [0.15, 0.2) is 0 Å². The zero-order valence-electron chi connectivity index (χ0n) is 11.7. The van der Waals surface area contributed by atoms with Gasteiger partial charge in [-0.1, -0.05) is 49.8 Å². The average molecular weight is 243 g/mol. The molecular weight excluding hydrogens is 218 g/mol. The monoisotopic (exact) mass is 243 g/mol. The Morgan fingerprint density at radius 3 is 2.72 bits per heavy atom. The Morgan fingerprint density at radius 2 is 2.00 bits per heavy atom. The summed E-state index contributed by atoms with van der Waals surface area (Å²) in [5.74, 6) is 0.633. The molecule has 1 heteroatoms. The quantitative estimate of drug-likeness (QED) is 0.761. The van der Waals surface area contributed by atoms with Crippen LogP contribution >= 0.6 is 0 Å². The van der Waals surface area contributed by atoms with Gasteiger partial charge in [-0.2, -0.15) is 0 Å². The van der Waals surface area contributed by atoms with E-state index in [9.17, 15) is 0 Å². The number of hydrogen-bond donors (Lipinski definition) is 0. The molecule has 18 heavy (non-hydrogen) atoms. The van der Waals surface area contributed by atoms with Crippen molar-refractivity contribution in [1.29, 1.82) is 0 Å². The van der Waals surface area contributed by atoms with Gasteiger partial charge in [-0.05, 0) is 49.9 Å². The third-order valence-electron chi connectivity index (χ3n) is 3.82. The molecule has 1 heterocycles. The van der Waals surface area contributed by atoms with Gasteiger partial charge in [0, 0.05) is 6.54 Å². The van der Waals surface area contributed by atoms with Crippen LogP contribution in [0.3, 0.4) is 0 Å². The molecule has 0 aliphatic carbocycles. The van der Waals surface area contributed by atoms with E-state index in [0.29, 0.717) is 5.92 Å². The smallest absolute Gasteiger partial charge is 0.00476 e. The van der Waals surface area contributed by atoms with Crippen molar-refractivity contribution in [3.05, 3.63) is 41.5 Å². The summed E-state index contributed by atoms with van der Waals surface area (Å²) in [6, 6.07) is 8.95. The zero-order valence-corrected chi connectivity index (χ0v) is 11.7. The Morgan fingerprint density at radius 1 is 1.22 bits per heavy atom. The van der Waals surface area contributed by atoms with E-state index in [1.54, 1.807) is 0 Å². The Labute approximate surface area is 112 Å². The standard InChI is InChI=1S/C17H25N/c1-3-8-16-9-7-10-17(13-16)15(2)14-18-11-5-4-6-12-18/h3,7-10,13,15H,4-6,11-12,14H2,1-2H3. The third-order valence-corrected chi connectivity index (χ3v) is 3.82. The molecule has 1 aliphatic heterocycles. The van der Waals surface area contributed by atoms with E-state index in [1.807, 2.05) is 0 Å². The average Bonchev–Trinajstić information content (AvgIpc) is 2.40. The predicted molar refractivity (Wildman–Crippen MR) is 79.9 cm³/mol. The van der Waals surface area contributed by atoms with E-state index in [2.05, 4.69) is 55.2 Å². The summed E-state index contributed by atoms with van der Waals surface area (Å²) in [6.45, 7) is 8.21. The fraction of sp³-hybridized carbons (Fsp3) is 0.529. The molecule has 1 saturated heterocycles. The fourth-order valence-electron chi connectivity index (χ4n) is 2.80. The summed E-state index contributed by atoms with van der Waals surface area (Å²) < 4.78 is 0. The predicted octanol–water partition coefficient (Wildman–Crippen LogP) is 4.31. The van der Waals surface area contributed by atoms with E-state index in [4.69, 9.17) is 0 Å². The van der Waals surface area contributed by atoms with Crippen LogP contribution in [0.4, 0.5) is 0 Å². The van der Waals surface area contributed by atoms with Gasteiger partial charge in [0.25, 0.3) is 0 Å². The first-order valence-corrected chi connectivity index (χ1v) is 7.24. The Balaban J connectivity index is 1.98. The normalized spacial score (nSPS) is 19.2. The maximum atomic E-state index is 2.62. The maximum absolute atomic E-state index is 2.62. The highest BCUT2D eigenvalue weighted by Crippen LogP contribution is 2.20. The molecule has 1 nitrogen and oxygen atoms in total. The Kier molecular flexibility index (Phi) is 5.00. The lowest BCUT2D eigenvalue weighted by atomic mass is 9.97. The second-order valence-corrected chi connectivity index (χ2v) is 5.43. The molecule has 0 radical (unpaired) electrons. The van der Waals surface area contributed by atoms with Crippen LogP contribution in [0.15, 0.2) is 30.3 Å². The number of piperidine rings is 1. The molecule has 0 aromatic heterocycles. The van der Waals surface area contributed by atoms with Gasteiger partial charge in [-0.15, -0.1) is 0 Å². The molecule has 0 saturated carbocycles. The molecule has 0 bridgehead atoms. The van der Waals surface area contributed by atoms with Crippen molar-refractivity contribution >= 4 is 6.08 Å². The molecule has 98 valence electrons. The van der Waals surface area contributed by atoms with Crippen molar-refractivity contribution in [2.24, 2.45) is 0 Å². The van der Waals surface area contributed by atoms with Crippen LogP contribution in [0.25, 0.3) is 6.08 Å². The van der Waals surface area contributed by atoms with Crippen LogP contribution < -0.4 is 0 Å². The lowest BCUT2D eigenvalue weighted by molar-refractivity contribution is 0.219. The minimum absolute atomic E-state index is 0.633. The Bertz CT molecular complexity index is 388. The summed E-state index contributed by atoms with van der Waals surface area (Å²) in [5, 5.41) is 0. The van der Waals surface area contributed by atoms with E-state index in [0.717, 1.165) is 0 Å². The second-order valence-electron chi connectivity index (χ2n) is 5.43. The maximum Gasteiger partial charge on any atom is 0.00476 e. The lowest BCUT2D eigenvalue weighted by Crippen LogP contribution is -2.32. The molecule has 1 fully saturated rings. The minimum Gasteiger partial charge on any atom is -0.303 e. The molecule has 0 spiro atoms. The summed E-state index contributed by atoms with van der Waals surface area (Å²) in [5.41, 5.74) is 2.79. The van der Waals surface area contributed by atoms with Crippen molar-refractivity contribution < 1.29 is 0 Å². The van der Waals surface area contributed by atoms with E-state index in [1.165, 1.54) is 50.0 Å². The SMILES string of the molecule is CC=Cc1cccc(C(C)CN2CCCCC2)c1. The number of nitrogens with zero attached hydrogens (tertiary/aromatic N) is 1. The van der Waals surface area contributed by atoms with Gasteiger partial charge in [0.2, 0.25) is 0 Å². The number of likely N-dealkylation sites (tertiary alicyclic amines) is 1. The summed E-state index contributed by atoms with van der Waals surface area (Å²) >= 11 is 0. The molecule has 2 rings (SSSR count). The van der Waals surface area contributed by atoms with Gasteiger partial charge in [-0.25, -0.2) is 0 Å². The third kappa shape index (κ3) is 3.71. The molecule has 0 N–H and O–H groups in total. The van der Waals surface area contributed by atoms with Crippen molar-refractivity contribution in [1.82, 2.24) is 4.90 Å². The number of benzene rings is 1. The summed E-state index contributed by atoms with van der Waals surface area (Å²) in [6.07, 6.45) is 8.46. The van der Waals surface area contributed by atoms with Crippen LogP contribution in [0.5, 0.6) is 0 Å². The van der Waals surface area contributed by atoms with Crippen LogP contribution in [-0.2, 0) is 0 Å². The van der Waals surface area contributed by atoms with Crippen molar-refractivity contribution in [2.75, 3.05) is 19.6 Å². The van der Waals surface area contributed by atoms with Crippen molar-refractivity contribution in [3.8, 4) is 0 Å². The van der Waals surface area contributed by atoms with E-state index in [-0.39, 0.29) is 0 Å². The van der Waals surface area contributed by atoms with Crippen molar-refractivity contribution in [2.45, 2.75) is 39.0 Å². The van der Waals surface area contributed by atoms with Gasteiger partial charge in [-0.3, -0.25) is 0 Å². The zero-order chi connectivity index (χ0) is 12.8. The van der Waals surface area contributed by atoms with E-state index < -0.39 is 0 Å². The highest BCUT2D eigenvalue weighted by molar-refractivity contribution is 5.50.